The Bertz CT molecular complexity index is 236. The standard InChI is InChI=1S/C12H23F3N2O/c1-3-6-16-7-10-4-5-11(18-10)8-17(2)9-12(13,14)15/h10-11,16H,3-9H2,1-2H3. The first kappa shape index (κ1) is 15.7. The second-order valence-corrected chi connectivity index (χ2v) is 4.97. The van der Waals surface area contributed by atoms with Crippen LogP contribution in [0.25, 0.3) is 0 Å². The van der Waals surface area contributed by atoms with Crippen LogP contribution in [0.15, 0.2) is 0 Å². The molecule has 0 saturated carbocycles. The van der Waals surface area contributed by atoms with Crippen LogP contribution >= 0.6 is 0 Å². The Labute approximate surface area is 107 Å². The molecule has 0 aromatic rings. The maximum absolute atomic E-state index is 12.2. The number of rotatable bonds is 7. The summed E-state index contributed by atoms with van der Waals surface area (Å²) in [6.07, 6.45) is -1.19. The van der Waals surface area contributed by atoms with Gasteiger partial charge in [-0.3, -0.25) is 4.90 Å². The highest BCUT2D eigenvalue weighted by atomic mass is 19.4. The Kier molecular flexibility index (Phi) is 6.38. The highest BCUT2D eigenvalue weighted by Crippen LogP contribution is 2.21. The van der Waals surface area contributed by atoms with E-state index in [0.717, 1.165) is 32.4 Å². The van der Waals surface area contributed by atoms with Gasteiger partial charge in [0, 0.05) is 13.1 Å². The van der Waals surface area contributed by atoms with Crippen molar-refractivity contribution in [1.29, 1.82) is 0 Å². The average Bonchev–Trinajstić information content (AvgIpc) is 2.63. The topological polar surface area (TPSA) is 24.5 Å². The second kappa shape index (κ2) is 7.31. The van der Waals surface area contributed by atoms with Crippen molar-refractivity contribution in [2.75, 3.05) is 33.2 Å². The number of hydrogen-bond donors (Lipinski definition) is 1. The van der Waals surface area contributed by atoms with Crippen LogP contribution in [0.4, 0.5) is 13.2 Å². The molecular formula is C12H23F3N2O. The van der Waals surface area contributed by atoms with E-state index in [2.05, 4.69) is 12.2 Å². The summed E-state index contributed by atoms with van der Waals surface area (Å²) in [4.78, 5) is 1.28. The first-order valence-electron chi connectivity index (χ1n) is 6.52. The zero-order chi connectivity index (χ0) is 13.6. The number of nitrogens with one attached hydrogen (secondary N) is 1. The second-order valence-electron chi connectivity index (χ2n) is 4.97. The number of halogens is 3. The third-order valence-electron chi connectivity index (χ3n) is 2.96. The van der Waals surface area contributed by atoms with Gasteiger partial charge < -0.3 is 10.1 Å². The van der Waals surface area contributed by atoms with E-state index in [0.29, 0.717) is 6.54 Å². The monoisotopic (exact) mass is 268 g/mol. The Balaban J connectivity index is 2.17. The minimum atomic E-state index is -4.13. The van der Waals surface area contributed by atoms with Crippen molar-refractivity contribution < 1.29 is 17.9 Å². The zero-order valence-corrected chi connectivity index (χ0v) is 11.1. The Hall–Kier alpha value is -0.330. The molecule has 1 aliphatic heterocycles. The van der Waals surface area contributed by atoms with Gasteiger partial charge in [-0.25, -0.2) is 0 Å². The molecule has 0 spiro atoms. The van der Waals surface area contributed by atoms with E-state index in [4.69, 9.17) is 4.74 Å². The molecule has 2 atom stereocenters. The molecule has 1 saturated heterocycles. The van der Waals surface area contributed by atoms with Gasteiger partial charge in [-0.2, -0.15) is 13.2 Å². The number of nitrogens with zero attached hydrogens (tertiary/aromatic N) is 1. The van der Waals surface area contributed by atoms with Gasteiger partial charge in [0.05, 0.1) is 18.8 Å². The van der Waals surface area contributed by atoms with E-state index in [9.17, 15) is 13.2 Å². The lowest BCUT2D eigenvalue weighted by Gasteiger charge is -2.22. The van der Waals surface area contributed by atoms with Gasteiger partial charge in [-0.1, -0.05) is 6.92 Å². The third kappa shape index (κ3) is 6.56. The smallest absolute Gasteiger partial charge is 0.372 e. The minimum absolute atomic E-state index is 0.0641. The first-order valence-corrected chi connectivity index (χ1v) is 6.52. The normalized spacial score (nSPS) is 25.0. The summed E-state index contributed by atoms with van der Waals surface area (Å²) in [6, 6.07) is 0. The lowest BCUT2D eigenvalue weighted by atomic mass is 10.2. The molecule has 0 radical (unpaired) electrons. The van der Waals surface area contributed by atoms with E-state index in [1.54, 1.807) is 0 Å². The molecule has 0 aliphatic carbocycles. The highest BCUT2D eigenvalue weighted by molar-refractivity contribution is 4.77. The van der Waals surface area contributed by atoms with Crippen molar-refractivity contribution in [3.8, 4) is 0 Å². The molecule has 1 fully saturated rings. The van der Waals surface area contributed by atoms with Crippen LogP contribution < -0.4 is 5.32 Å². The Morgan fingerprint density at radius 3 is 2.56 bits per heavy atom. The summed E-state index contributed by atoms with van der Waals surface area (Å²) in [7, 11) is 1.49. The van der Waals surface area contributed by atoms with Gasteiger partial charge in [0.25, 0.3) is 0 Å². The van der Waals surface area contributed by atoms with Gasteiger partial charge in [-0.05, 0) is 32.9 Å². The maximum atomic E-state index is 12.2. The van der Waals surface area contributed by atoms with Crippen molar-refractivity contribution in [2.24, 2.45) is 0 Å². The maximum Gasteiger partial charge on any atom is 0.401 e. The summed E-state index contributed by atoms with van der Waals surface area (Å²) in [5.74, 6) is 0. The zero-order valence-electron chi connectivity index (χ0n) is 11.1. The first-order chi connectivity index (χ1) is 8.40. The third-order valence-corrected chi connectivity index (χ3v) is 2.96. The molecule has 0 aromatic heterocycles. The van der Waals surface area contributed by atoms with E-state index >= 15 is 0 Å². The quantitative estimate of drug-likeness (QED) is 0.715. The molecule has 2 unspecified atom stereocenters. The van der Waals surface area contributed by atoms with Crippen molar-refractivity contribution >= 4 is 0 Å². The van der Waals surface area contributed by atoms with Gasteiger partial charge in [0.15, 0.2) is 0 Å². The van der Waals surface area contributed by atoms with E-state index in [1.165, 1.54) is 11.9 Å². The lowest BCUT2D eigenvalue weighted by molar-refractivity contribution is -0.146. The molecule has 1 rings (SSSR count). The fraction of sp³-hybridized carbons (Fsp3) is 1.00. The van der Waals surface area contributed by atoms with Crippen molar-refractivity contribution in [1.82, 2.24) is 10.2 Å². The number of hydrogen-bond acceptors (Lipinski definition) is 3. The van der Waals surface area contributed by atoms with Gasteiger partial charge >= 0.3 is 6.18 Å². The van der Waals surface area contributed by atoms with Crippen molar-refractivity contribution in [3.05, 3.63) is 0 Å². The molecule has 6 heteroatoms. The summed E-state index contributed by atoms with van der Waals surface area (Å²) >= 11 is 0. The number of ether oxygens (including phenoxy) is 1. The molecule has 1 aliphatic rings. The molecule has 0 amide bonds. The summed E-state index contributed by atoms with van der Waals surface area (Å²) in [5, 5.41) is 3.27. The predicted octanol–water partition coefficient (Wildman–Crippen LogP) is 2.03. The average molecular weight is 268 g/mol. The van der Waals surface area contributed by atoms with Gasteiger partial charge in [0.2, 0.25) is 0 Å². The summed E-state index contributed by atoms with van der Waals surface area (Å²) in [5.41, 5.74) is 0. The Morgan fingerprint density at radius 2 is 1.94 bits per heavy atom. The van der Waals surface area contributed by atoms with Crippen molar-refractivity contribution in [3.63, 3.8) is 0 Å². The summed E-state index contributed by atoms with van der Waals surface area (Å²) < 4.78 is 42.2. The van der Waals surface area contributed by atoms with Crippen LogP contribution in [-0.4, -0.2) is 56.5 Å². The predicted molar refractivity (Wildman–Crippen MR) is 64.6 cm³/mol. The van der Waals surface area contributed by atoms with E-state index in [1.807, 2.05) is 0 Å². The van der Waals surface area contributed by atoms with Gasteiger partial charge in [-0.15, -0.1) is 0 Å². The number of alkyl halides is 3. The van der Waals surface area contributed by atoms with E-state index < -0.39 is 12.7 Å². The minimum Gasteiger partial charge on any atom is -0.372 e. The molecular weight excluding hydrogens is 245 g/mol. The largest absolute Gasteiger partial charge is 0.401 e. The Morgan fingerprint density at radius 1 is 1.28 bits per heavy atom. The van der Waals surface area contributed by atoms with Crippen LogP contribution in [0.5, 0.6) is 0 Å². The SMILES string of the molecule is CCCNCC1CCC(CN(C)CC(F)(F)F)O1. The molecule has 3 nitrogen and oxygen atoms in total. The fourth-order valence-electron chi connectivity index (χ4n) is 2.22. The van der Waals surface area contributed by atoms with Crippen LogP contribution in [0.1, 0.15) is 26.2 Å². The lowest BCUT2D eigenvalue weighted by Crippen LogP contribution is -2.37. The summed E-state index contributed by atoms with van der Waals surface area (Å²) in [6.45, 7) is 3.33. The molecule has 0 aromatic carbocycles. The van der Waals surface area contributed by atoms with Crippen LogP contribution in [0.2, 0.25) is 0 Å². The number of likely N-dealkylation sites (N-methyl/N-ethyl adjacent to an activating group) is 1. The fourth-order valence-corrected chi connectivity index (χ4v) is 2.22. The van der Waals surface area contributed by atoms with E-state index in [-0.39, 0.29) is 12.2 Å². The van der Waals surface area contributed by atoms with Crippen LogP contribution in [0.3, 0.4) is 0 Å². The van der Waals surface area contributed by atoms with Crippen LogP contribution in [-0.2, 0) is 4.74 Å². The molecule has 0 bridgehead atoms. The molecule has 108 valence electrons. The van der Waals surface area contributed by atoms with Gasteiger partial charge in [0.1, 0.15) is 0 Å². The van der Waals surface area contributed by atoms with Crippen molar-refractivity contribution in [2.45, 2.75) is 44.6 Å². The molecule has 18 heavy (non-hydrogen) atoms. The molecule has 1 N–H and O–H groups in total. The molecule has 1 heterocycles. The highest BCUT2D eigenvalue weighted by Gasteiger charge is 2.32. The van der Waals surface area contributed by atoms with Crippen LogP contribution in [0, 0.1) is 0 Å².